The van der Waals surface area contributed by atoms with Crippen LogP contribution in [0.1, 0.15) is 22.7 Å². The third-order valence-corrected chi connectivity index (χ3v) is 9.05. The van der Waals surface area contributed by atoms with Gasteiger partial charge in [-0.05, 0) is 23.3 Å². The lowest BCUT2D eigenvalue weighted by Crippen LogP contribution is -2.67. The van der Waals surface area contributed by atoms with Crippen LogP contribution in [0, 0.1) is 0 Å². The average Bonchev–Trinajstić information content (AvgIpc) is 3.61. The fourth-order valence-electron chi connectivity index (χ4n) is 7.27. The van der Waals surface area contributed by atoms with Crippen molar-refractivity contribution in [3.8, 4) is 0 Å². The zero-order valence-corrected chi connectivity index (χ0v) is 21.4. The highest BCUT2D eigenvalue weighted by atomic mass is 16.2. The van der Waals surface area contributed by atoms with Crippen LogP contribution in [0.5, 0.6) is 0 Å². The van der Waals surface area contributed by atoms with Crippen molar-refractivity contribution in [1.82, 2.24) is 29.6 Å². The van der Waals surface area contributed by atoms with Gasteiger partial charge in [-0.15, -0.1) is 0 Å². The van der Waals surface area contributed by atoms with Crippen molar-refractivity contribution in [2.45, 2.75) is 23.4 Å². The van der Waals surface area contributed by atoms with E-state index in [1.165, 1.54) is 23.9 Å². The number of likely N-dealkylation sites (N-methyl/N-ethyl adjacent to an activating group) is 4. The van der Waals surface area contributed by atoms with E-state index in [1.807, 2.05) is 48.5 Å². The maximum atomic E-state index is 14.5. The molecule has 4 aromatic rings. The van der Waals surface area contributed by atoms with Crippen LogP contribution in [0.25, 0.3) is 21.8 Å². The summed E-state index contributed by atoms with van der Waals surface area (Å²) in [6, 6.07) is 14.4. The lowest BCUT2D eigenvalue weighted by molar-refractivity contribution is -0.142. The standard InChI is InChI=1S/C28H26N6O4/c1-31-23(35)27(33(3)25(31)37)13-17-15-9-6-8-12-20(15)30-22(17)28(24(36)32(2)26(38)34(28)4)21(27)18-14-29-19-11-7-5-10-16(18)19/h5-12,14,21,29-30H,13H2,1-4H3/t21-,27-,28+/m0/s1. The number of para-hydroxylation sites is 2. The number of benzene rings is 2. The number of hydrogen-bond acceptors (Lipinski definition) is 4. The van der Waals surface area contributed by atoms with Crippen LogP contribution in [0.2, 0.25) is 0 Å². The largest absolute Gasteiger partial charge is 0.361 e. The summed E-state index contributed by atoms with van der Waals surface area (Å²) < 4.78 is 0. The molecule has 10 nitrogen and oxygen atoms in total. The van der Waals surface area contributed by atoms with E-state index in [1.54, 1.807) is 20.3 Å². The fraction of sp³-hybridized carbons (Fsp3) is 0.286. The van der Waals surface area contributed by atoms with Gasteiger partial charge in [-0.2, -0.15) is 0 Å². The molecule has 7 rings (SSSR count). The molecule has 0 saturated carbocycles. The summed E-state index contributed by atoms with van der Waals surface area (Å²) >= 11 is 0. The lowest BCUT2D eigenvalue weighted by atomic mass is 9.58. The molecule has 10 heteroatoms. The van der Waals surface area contributed by atoms with E-state index in [2.05, 4.69) is 9.97 Å². The lowest BCUT2D eigenvalue weighted by Gasteiger charge is -2.52. The zero-order valence-electron chi connectivity index (χ0n) is 21.4. The number of amides is 6. The molecule has 3 aliphatic rings. The molecular weight excluding hydrogens is 484 g/mol. The maximum absolute atomic E-state index is 14.5. The highest BCUT2D eigenvalue weighted by molar-refractivity contribution is 6.14. The zero-order chi connectivity index (χ0) is 26.7. The monoisotopic (exact) mass is 510 g/mol. The van der Waals surface area contributed by atoms with Crippen molar-refractivity contribution in [2.75, 3.05) is 28.2 Å². The smallest absolute Gasteiger partial charge is 0.327 e. The minimum Gasteiger partial charge on any atom is -0.361 e. The van der Waals surface area contributed by atoms with Gasteiger partial charge in [-0.25, -0.2) is 9.59 Å². The predicted octanol–water partition coefficient (Wildman–Crippen LogP) is 2.97. The summed E-state index contributed by atoms with van der Waals surface area (Å²) in [5.41, 5.74) is 0.564. The number of aromatic amines is 2. The van der Waals surface area contributed by atoms with Crippen LogP contribution in [0.4, 0.5) is 9.59 Å². The second kappa shape index (κ2) is 7.03. The number of aromatic nitrogens is 2. The number of nitrogens with zero attached hydrogens (tertiary/aromatic N) is 4. The van der Waals surface area contributed by atoms with Crippen LogP contribution >= 0.6 is 0 Å². The minimum atomic E-state index is -1.61. The molecule has 1 aliphatic carbocycles. The Labute approximate surface area is 217 Å². The van der Waals surface area contributed by atoms with Gasteiger partial charge in [0.25, 0.3) is 11.8 Å². The van der Waals surface area contributed by atoms with Gasteiger partial charge in [-0.1, -0.05) is 36.4 Å². The number of fused-ring (bicyclic) bond motifs is 5. The van der Waals surface area contributed by atoms with Gasteiger partial charge in [0.2, 0.25) is 0 Å². The normalized spacial score (nSPS) is 27.3. The van der Waals surface area contributed by atoms with Crippen LogP contribution in [-0.2, 0) is 21.5 Å². The molecule has 0 radical (unpaired) electrons. The van der Waals surface area contributed by atoms with Crippen molar-refractivity contribution in [3.63, 3.8) is 0 Å². The number of nitrogens with one attached hydrogen (secondary N) is 2. The molecule has 2 N–H and O–H groups in total. The highest BCUT2D eigenvalue weighted by Gasteiger charge is 2.74. The van der Waals surface area contributed by atoms with E-state index < -0.39 is 40.9 Å². The SMILES string of the molecule is CN1C(=O)N(C)[C@@]2(C1=O)c1[nH]c3ccccc3c1C[C@@]1(C(=O)N(C)C(=O)N1C)[C@@H]2c1c[nH]c2ccccc12. The molecule has 192 valence electrons. The Balaban J connectivity index is 1.69. The number of carbonyl (C=O) groups excluding carboxylic acids is 4. The first kappa shape index (κ1) is 22.6. The minimum absolute atomic E-state index is 0.183. The second-order valence-corrected chi connectivity index (χ2v) is 10.5. The number of rotatable bonds is 1. The Morgan fingerprint density at radius 3 is 2.00 bits per heavy atom. The second-order valence-electron chi connectivity index (χ2n) is 10.5. The van der Waals surface area contributed by atoms with Gasteiger partial charge in [-0.3, -0.25) is 19.4 Å². The molecule has 6 amide bonds. The van der Waals surface area contributed by atoms with Gasteiger partial charge < -0.3 is 19.8 Å². The molecule has 4 heterocycles. The summed E-state index contributed by atoms with van der Waals surface area (Å²) in [6.45, 7) is 0. The van der Waals surface area contributed by atoms with E-state index in [-0.39, 0.29) is 6.42 Å². The van der Waals surface area contributed by atoms with Gasteiger partial charge in [0, 0.05) is 62.6 Å². The number of H-pyrrole nitrogens is 2. The number of imide groups is 2. The molecule has 2 fully saturated rings. The first-order valence-electron chi connectivity index (χ1n) is 12.4. The first-order chi connectivity index (χ1) is 18.2. The fourth-order valence-corrected chi connectivity index (χ4v) is 7.27. The Hall–Kier alpha value is -4.60. The third-order valence-electron chi connectivity index (χ3n) is 9.05. The summed E-state index contributed by atoms with van der Waals surface area (Å²) in [6.07, 6.45) is 1.99. The summed E-state index contributed by atoms with van der Waals surface area (Å²) in [5, 5.41) is 1.67. The molecular formula is C28H26N6O4. The van der Waals surface area contributed by atoms with Crippen LogP contribution in [0.15, 0.2) is 54.7 Å². The average molecular weight is 511 g/mol. The molecule has 2 spiro atoms. The molecule has 0 unspecified atom stereocenters. The Morgan fingerprint density at radius 2 is 1.37 bits per heavy atom. The molecule has 2 saturated heterocycles. The summed E-state index contributed by atoms with van der Waals surface area (Å²) in [5.74, 6) is -1.77. The summed E-state index contributed by atoms with van der Waals surface area (Å²) in [4.78, 5) is 67.7. The van der Waals surface area contributed by atoms with Crippen molar-refractivity contribution in [3.05, 3.63) is 71.5 Å². The highest BCUT2D eigenvalue weighted by Crippen LogP contribution is 2.61. The van der Waals surface area contributed by atoms with E-state index >= 15 is 0 Å². The Morgan fingerprint density at radius 1 is 0.763 bits per heavy atom. The maximum Gasteiger partial charge on any atom is 0.327 e. The van der Waals surface area contributed by atoms with E-state index in [4.69, 9.17) is 0 Å². The van der Waals surface area contributed by atoms with Gasteiger partial charge in [0.05, 0.1) is 11.6 Å². The molecule has 2 aliphatic heterocycles. The molecule has 38 heavy (non-hydrogen) atoms. The number of hydrogen-bond donors (Lipinski definition) is 2. The van der Waals surface area contributed by atoms with Gasteiger partial charge >= 0.3 is 12.1 Å². The Bertz CT molecular complexity index is 1740. The summed E-state index contributed by atoms with van der Waals surface area (Å²) in [7, 11) is 6.15. The van der Waals surface area contributed by atoms with E-state index in [0.29, 0.717) is 11.3 Å². The van der Waals surface area contributed by atoms with Crippen molar-refractivity contribution in [2.24, 2.45) is 0 Å². The molecule has 3 atom stereocenters. The van der Waals surface area contributed by atoms with Crippen LogP contribution in [0.3, 0.4) is 0 Å². The van der Waals surface area contributed by atoms with Crippen molar-refractivity contribution in [1.29, 1.82) is 0 Å². The van der Waals surface area contributed by atoms with Crippen molar-refractivity contribution < 1.29 is 19.2 Å². The first-order valence-corrected chi connectivity index (χ1v) is 12.4. The quantitative estimate of drug-likeness (QED) is 0.384. The van der Waals surface area contributed by atoms with Gasteiger partial charge in [0.1, 0.15) is 5.54 Å². The molecule has 2 aromatic heterocycles. The topological polar surface area (TPSA) is 113 Å². The predicted molar refractivity (Wildman–Crippen MR) is 139 cm³/mol. The molecule has 2 aromatic carbocycles. The van der Waals surface area contributed by atoms with E-state index in [0.717, 1.165) is 37.2 Å². The van der Waals surface area contributed by atoms with Crippen molar-refractivity contribution >= 4 is 45.7 Å². The van der Waals surface area contributed by atoms with E-state index in [9.17, 15) is 19.2 Å². The van der Waals surface area contributed by atoms with Gasteiger partial charge in [0.15, 0.2) is 5.54 Å². The van der Waals surface area contributed by atoms with Crippen LogP contribution < -0.4 is 0 Å². The Kier molecular flexibility index (Phi) is 4.18. The van der Waals surface area contributed by atoms with Crippen LogP contribution in [-0.4, -0.2) is 87.2 Å². The number of urea groups is 2. The third kappa shape index (κ3) is 2.26. The number of carbonyl (C=O) groups is 4. The molecule has 0 bridgehead atoms.